The fourth-order valence-corrected chi connectivity index (χ4v) is 1.62. The molecule has 0 heterocycles. The minimum Gasteiger partial charge on any atom is -0.493 e. The molecule has 0 spiro atoms. The lowest BCUT2D eigenvalue weighted by Gasteiger charge is -2.15. The molecule has 0 fully saturated rings. The summed E-state index contributed by atoms with van der Waals surface area (Å²) < 4.78 is 15.6. The predicted molar refractivity (Wildman–Crippen MR) is 73.3 cm³/mol. The summed E-state index contributed by atoms with van der Waals surface area (Å²) >= 11 is 0. The summed E-state index contributed by atoms with van der Waals surface area (Å²) in [6.07, 6.45) is 0.871. The summed E-state index contributed by atoms with van der Waals surface area (Å²) in [5, 5.41) is 2.90. The highest BCUT2D eigenvalue weighted by atomic mass is 16.5. The molecule has 5 heteroatoms. The van der Waals surface area contributed by atoms with Gasteiger partial charge in [-0.15, -0.1) is 0 Å². The molecular weight excluding hydrogens is 246 g/mol. The third-order valence-corrected chi connectivity index (χ3v) is 2.92. The van der Waals surface area contributed by atoms with Crippen LogP contribution in [0, 0.1) is 0 Å². The minimum absolute atomic E-state index is 0.117. The van der Waals surface area contributed by atoms with Gasteiger partial charge >= 0.3 is 0 Å². The second kappa shape index (κ2) is 6.87. The van der Waals surface area contributed by atoms with E-state index in [1.165, 1.54) is 21.3 Å². The molecule has 1 aromatic carbocycles. The molecule has 0 aliphatic heterocycles. The Bertz CT molecular complexity index is 420. The quantitative estimate of drug-likeness (QED) is 0.858. The van der Waals surface area contributed by atoms with Crippen LogP contribution in [-0.2, 0) is 0 Å². The van der Waals surface area contributed by atoms with Crippen molar-refractivity contribution in [3.05, 3.63) is 17.7 Å². The molecule has 0 saturated heterocycles. The standard InChI is InChI=1S/C14H21NO4/c1-6-9(2)15-14(16)10-7-11(17-3)13(19-5)12(8-10)18-4/h7-9H,6H2,1-5H3,(H,15,16)/t9-/m0/s1. The molecule has 0 aliphatic carbocycles. The summed E-state index contributed by atoms with van der Waals surface area (Å²) in [6, 6.07) is 3.39. The lowest BCUT2D eigenvalue weighted by atomic mass is 10.1. The van der Waals surface area contributed by atoms with Crippen molar-refractivity contribution in [2.45, 2.75) is 26.3 Å². The van der Waals surface area contributed by atoms with Gasteiger partial charge in [-0.2, -0.15) is 0 Å². The van der Waals surface area contributed by atoms with Gasteiger partial charge in [0.2, 0.25) is 5.75 Å². The zero-order chi connectivity index (χ0) is 14.4. The highest BCUT2D eigenvalue weighted by Crippen LogP contribution is 2.38. The average molecular weight is 267 g/mol. The Labute approximate surface area is 113 Å². The van der Waals surface area contributed by atoms with E-state index >= 15 is 0 Å². The van der Waals surface area contributed by atoms with Crippen LogP contribution < -0.4 is 19.5 Å². The molecule has 0 saturated carbocycles. The smallest absolute Gasteiger partial charge is 0.251 e. The zero-order valence-corrected chi connectivity index (χ0v) is 12.1. The van der Waals surface area contributed by atoms with Crippen LogP contribution in [0.25, 0.3) is 0 Å². The monoisotopic (exact) mass is 267 g/mol. The Hall–Kier alpha value is -1.91. The topological polar surface area (TPSA) is 56.8 Å². The number of hydrogen-bond donors (Lipinski definition) is 1. The summed E-state index contributed by atoms with van der Waals surface area (Å²) in [5.41, 5.74) is 0.481. The third-order valence-electron chi connectivity index (χ3n) is 2.92. The Balaban J connectivity index is 3.12. The Kier molecular flexibility index (Phi) is 5.48. The van der Waals surface area contributed by atoms with E-state index in [0.717, 1.165) is 6.42 Å². The highest BCUT2D eigenvalue weighted by molar-refractivity contribution is 5.95. The van der Waals surface area contributed by atoms with E-state index in [1.807, 2.05) is 13.8 Å². The fraction of sp³-hybridized carbons (Fsp3) is 0.500. The maximum Gasteiger partial charge on any atom is 0.251 e. The van der Waals surface area contributed by atoms with Gasteiger partial charge in [-0.25, -0.2) is 0 Å². The van der Waals surface area contributed by atoms with Crippen LogP contribution in [0.4, 0.5) is 0 Å². The van der Waals surface area contributed by atoms with Gasteiger partial charge < -0.3 is 19.5 Å². The molecule has 0 aromatic heterocycles. The van der Waals surface area contributed by atoms with E-state index in [0.29, 0.717) is 22.8 Å². The van der Waals surface area contributed by atoms with Gasteiger partial charge in [0.1, 0.15) is 0 Å². The fourth-order valence-electron chi connectivity index (χ4n) is 1.62. The van der Waals surface area contributed by atoms with Crippen molar-refractivity contribution in [1.29, 1.82) is 0 Å². The van der Waals surface area contributed by atoms with Gasteiger partial charge in [-0.3, -0.25) is 4.79 Å². The molecule has 106 valence electrons. The molecule has 1 atom stereocenters. The molecule has 19 heavy (non-hydrogen) atoms. The summed E-state index contributed by atoms with van der Waals surface area (Å²) in [4.78, 5) is 12.1. The summed E-state index contributed by atoms with van der Waals surface area (Å²) in [5.74, 6) is 1.26. The van der Waals surface area contributed by atoms with Gasteiger partial charge in [-0.1, -0.05) is 6.92 Å². The third kappa shape index (κ3) is 3.53. The number of amides is 1. The number of methoxy groups -OCH3 is 3. The molecule has 1 rings (SSSR count). The first-order valence-corrected chi connectivity index (χ1v) is 6.18. The second-order valence-corrected chi connectivity index (χ2v) is 4.20. The molecule has 0 bridgehead atoms. The van der Waals surface area contributed by atoms with Gasteiger partial charge in [0, 0.05) is 11.6 Å². The van der Waals surface area contributed by atoms with Crippen molar-refractivity contribution in [3.8, 4) is 17.2 Å². The second-order valence-electron chi connectivity index (χ2n) is 4.20. The molecule has 1 aromatic rings. The molecule has 1 N–H and O–H groups in total. The maximum absolute atomic E-state index is 12.1. The normalized spacial score (nSPS) is 11.6. The highest BCUT2D eigenvalue weighted by Gasteiger charge is 2.17. The number of benzene rings is 1. The van der Waals surface area contributed by atoms with Crippen LogP contribution in [0.5, 0.6) is 17.2 Å². The van der Waals surface area contributed by atoms with Crippen molar-refractivity contribution in [1.82, 2.24) is 5.32 Å². The predicted octanol–water partition coefficient (Wildman–Crippen LogP) is 2.24. The molecule has 0 aliphatic rings. The zero-order valence-electron chi connectivity index (χ0n) is 12.1. The van der Waals surface area contributed by atoms with Crippen LogP contribution in [0.15, 0.2) is 12.1 Å². The van der Waals surface area contributed by atoms with Crippen molar-refractivity contribution >= 4 is 5.91 Å². The first-order chi connectivity index (χ1) is 9.07. The largest absolute Gasteiger partial charge is 0.493 e. The number of carbonyl (C=O) groups excluding carboxylic acids is 1. The van der Waals surface area contributed by atoms with E-state index in [-0.39, 0.29) is 11.9 Å². The van der Waals surface area contributed by atoms with Crippen molar-refractivity contribution in [3.63, 3.8) is 0 Å². The van der Waals surface area contributed by atoms with E-state index in [2.05, 4.69) is 5.32 Å². The van der Waals surface area contributed by atoms with E-state index < -0.39 is 0 Å². The summed E-state index contributed by atoms with van der Waals surface area (Å²) in [7, 11) is 4.57. The van der Waals surface area contributed by atoms with E-state index in [9.17, 15) is 4.79 Å². The molecule has 1 amide bonds. The van der Waals surface area contributed by atoms with Gasteiger partial charge in [0.05, 0.1) is 21.3 Å². The van der Waals surface area contributed by atoms with Crippen LogP contribution in [0.2, 0.25) is 0 Å². The SMILES string of the molecule is CC[C@H](C)NC(=O)c1cc(OC)c(OC)c(OC)c1. The average Bonchev–Trinajstić information content (AvgIpc) is 2.44. The molecule has 0 unspecified atom stereocenters. The van der Waals surface area contributed by atoms with Crippen molar-refractivity contribution in [2.75, 3.05) is 21.3 Å². The van der Waals surface area contributed by atoms with Crippen LogP contribution >= 0.6 is 0 Å². The Morgan fingerprint density at radius 1 is 1.16 bits per heavy atom. The molecular formula is C14H21NO4. The number of rotatable bonds is 6. The summed E-state index contributed by atoms with van der Waals surface area (Å²) in [6.45, 7) is 3.97. The number of ether oxygens (including phenoxy) is 3. The van der Waals surface area contributed by atoms with Gasteiger partial charge in [0.15, 0.2) is 11.5 Å². The minimum atomic E-state index is -0.159. The van der Waals surface area contributed by atoms with E-state index in [4.69, 9.17) is 14.2 Å². The lowest BCUT2D eigenvalue weighted by Crippen LogP contribution is -2.31. The lowest BCUT2D eigenvalue weighted by molar-refractivity contribution is 0.0938. The Morgan fingerprint density at radius 2 is 1.68 bits per heavy atom. The number of nitrogens with one attached hydrogen (secondary N) is 1. The maximum atomic E-state index is 12.1. The van der Waals surface area contributed by atoms with Gasteiger partial charge in [-0.05, 0) is 25.5 Å². The van der Waals surface area contributed by atoms with Crippen molar-refractivity contribution in [2.24, 2.45) is 0 Å². The van der Waals surface area contributed by atoms with Crippen LogP contribution in [0.3, 0.4) is 0 Å². The van der Waals surface area contributed by atoms with Crippen LogP contribution in [0.1, 0.15) is 30.6 Å². The first-order valence-electron chi connectivity index (χ1n) is 6.18. The number of carbonyl (C=O) groups is 1. The van der Waals surface area contributed by atoms with Crippen molar-refractivity contribution < 1.29 is 19.0 Å². The molecule has 5 nitrogen and oxygen atoms in total. The van der Waals surface area contributed by atoms with Crippen LogP contribution in [-0.4, -0.2) is 33.3 Å². The van der Waals surface area contributed by atoms with Gasteiger partial charge in [0.25, 0.3) is 5.91 Å². The van der Waals surface area contributed by atoms with E-state index in [1.54, 1.807) is 12.1 Å². The number of hydrogen-bond acceptors (Lipinski definition) is 4. The molecule has 0 radical (unpaired) electrons. The Morgan fingerprint density at radius 3 is 2.05 bits per heavy atom. The first kappa shape index (κ1) is 15.1.